The molecule has 0 aliphatic rings. The van der Waals surface area contributed by atoms with E-state index in [-0.39, 0.29) is 0 Å². The maximum absolute atomic E-state index is 6.54. The minimum absolute atomic E-state index is 0.865. The van der Waals surface area contributed by atoms with E-state index in [0.29, 0.717) is 0 Å². The van der Waals surface area contributed by atoms with Crippen molar-refractivity contribution >= 4 is 81.9 Å². The van der Waals surface area contributed by atoms with Gasteiger partial charge < -0.3 is 8.83 Å². The van der Waals surface area contributed by atoms with Crippen molar-refractivity contribution in [3.63, 3.8) is 0 Å². The minimum atomic E-state index is 0.865. The van der Waals surface area contributed by atoms with E-state index in [2.05, 4.69) is 126 Å². The smallest absolute Gasteiger partial charge is 0.195 e. The van der Waals surface area contributed by atoms with E-state index < -0.39 is 0 Å². The summed E-state index contributed by atoms with van der Waals surface area (Å²) in [6.45, 7) is 0. The summed E-state index contributed by atoms with van der Waals surface area (Å²) in [7, 11) is 0. The summed E-state index contributed by atoms with van der Waals surface area (Å²) in [4.78, 5) is 7.72. The summed E-state index contributed by atoms with van der Waals surface area (Å²) in [5.74, 6) is 0. The molecule has 10 aromatic rings. The molecule has 226 valence electrons. The number of hydrogen-bond donors (Lipinski definition) is 0. The maximum Gasteiger partial charge on any atom is 0.195 e. The van der Waals surface area contributed by atoms with Gasteiger partial charge in [-0.15, -0.1) is 0 Å². The van der Waals surface area contributed by atoms with Gasteiger partial charge in [0.2, 0.25) is 0 Å². The number of fused-ring (bicyclic) bond motifs is 7. The fraction of sp³-hybridized carbons (Fsp3) is 0. The topological polar surface area (TPSA) is 42.4 Å². The van der Waals surface area contributed by atoms with Gasteiger partial charge in [-0.1, -0.05) is 133 Å². The number of benzene rings is 7. The second-order valence-corrected chi connectivity index (χ2v) is 12.9. The number of furan rings is 2. The van der Waals surface area contributed by atoms with E-state index in [1.807, 2.05) is 36.4 Å². The van der Waals surface area contributed by atoms with E-state index in [1.54, 1.807) is 11.3 Å². The summed E-state index contributed by atoms with van der Waals surface area (Å²) >= 11 is 1.69. The summed E-state index contributed by atoms with van der Waals surface area (Å²) in [6.07, 6.45) is 0. The second kappa shape index (κ2) is 10.7. The highest BCUT2D eigenvalue weighted by atomic mass is 32.1. The molecule has 3 aromatic heterocycles. The lowest BCUT2D eigenvalue weighted by molar-refractivity contribution is 0.669. The molecular formula is C43H26N2O2S. The summed E-state index contributed by atoms with van der Waals surface area (Å²) in [5, 5.41) is 5.30. The fourth-order valence-electron chi connectivity index (χ4n) is 6.96. The summed E-state index contributed by atoms with van der Waals surface area (Å²) < 4.78 is 14.2. The molecule has 0 spiro atoms. The fourth-order valence-corrected chi connectivity index (χ4v) is 8.12. The monoisotopic (exact) mass is 634 g/mol. The van der Waals surface area contributed by atoms with Gasteiger partial charge in [0.1, 0.15) is 22.3 Å². The first-order chi connectivity index (χ1) is 23.8. The Morgan fingerprint density at radius 2 is 0.896 bits per heavy atom. The Hall–Kier alpha value is -6.17. The van der Waals surface area contributed by atoms with Gasteiger partial charge in [0.05, 0.1) is 10.2 Å². The molecule has 7 aromatic carbocycles. The summed E-state index contributed by atoms with van der Waals surface area (Å²) in [6, 6.07) is 54.6. The Bertz CT molecular complexity index is 2600. The van der Waals surface area contributed by atoms with Gasteiger partial charge in [-0.25, -0.2) is 4.98 Å². The molecule has 0 radical (unpaired) electrons. The van der Waals surface area contributed by atoms with Gasteiger partial charge in [0, 0.05) is 55.2 Å². The Morgan fingerprint density at radius 1 is 0.417 bits per heavy atom. The molecule has 0 saturated heterocycles. The predicted octanol–water partition coefficient (Wildman–Crippen LogP) is 12.9. The zero-order chi connectivity index (χ0) is 31.6. The van der Waals surface area contributed by atoms with Crippen LogP contribution in [0, 0.1) is 0 Å². The normalized spacial score (nSPS) is 11.8. The lowest BCUT2D eigenvalue weighted by Gasteiger charge is -2.22. The van der Waals surface area contributed by atoms with Crippen LogP contribution in [0.1, 0.15) is 0 Å². The number of para-hydroxylation sites is 6. The van der Waals surface area contributed by atoms with E-state index in [4.69, 9.17) is 13.8 Å². The quantitative estimate of drug-likeness (QED) is 0.189. The van der Waals surface area contributed by atoms with Crippen molar-refractivity contribution in [1.29, 1.82) is 0 Å². The van der Waals surface area contributed by atoms with Gasteiger partial charge >= 0.3 is 0 Å². The van der Waals surface area contributed by atoms with Crippen LogP contribution in [0.5, 0.6) is 0 Å². The number of aromatic nitrogens is 1. The average Bonchev–Trinajstić information content (AvgIpc) is 3.86. The first-order valence-electron chi connectivity index (χ1n) is 16.0. The first kappa shape index (κ1) is 27.0. The molecule has 0 N–H and O–H groups in total. The van der Waals surface area contributed by atoms with Crippen LogP contribution in [-0.4, -0.2) is 4.98 Å². The lowest BCUT2D eigenvalue weighted by Crippen LogP contribution is -2.09. The van der Waals surface area contributed by atoms with Crippen LogP contribution in [0.2, 0.25) is 0 Å². The molecule has 0 bridgehead atoms. The Morgan fingerprint density at radius 3 is 1.48 bits per heavy atom. The van der Waals surface area contributed by atoms with E-state index in [1.165, 1.54) is 0 Å². The third kappa shape index (κ3) is 4.11. The molecule has 0 aliphatic heterocycles. The molecule has 0 amide bonds. The van der Waals surface area contributed by atoms with Crippen LogP contribution in [-0.2, 0) is 0 Å². The van der Waals surface area contributed by atoms with Crippen molar-refractivity contribution in [3.8, 4) is 22.3 Å². The minimum Gasteiger partial charge on any atom is -0.455 e. The van der Waals surface area contributed by atoms with Crippen molar-refractivity contribution in [2.75, 3.05) is 4.90 Å². The van der Waals surface area contributed by atoms with Gasteiger partial charge in [-0.3, -0.25) is 4.90 Å². The Kier molecular flexibility index (Phi) is 6.01. The molecule has 0 atom stereocenters. The number of anilines is 3. The van der Waals surface area contributed by atoms with Gasteiger partial charge in [0.15, 0.2) is 5.13 Å². The van der Waals surface area contributed by atoms with Crippen LogP contribution < -0.4 is 4.90 Å². The molecule has 4 nitrogen and oxygen atoms in total. The van der Waals surface area contributed by atoms with Crippen molar-refractivity contribution in [2.24, 2.45) is 0 Å². The van der Waals surface area contributed by atoms with Crippen molar-refractivity contribution < 1.29 is 8.83 Å². The third-order valence-electron chi connectivity index (χ3n) is 9.14. The van der Waals surface area contributed by atoms with Crippen molar-refractivity contribution in [3.05, 3.63) is 158 Å². The van der Waals surface area contributed by atoms with Crippen LogP contribution in [0.15, 0.2) is 167 Å². The molecule has 48 heavy (non-hydrogen) atoms. The van der Waals surface area contributed by atoms with E-state index in [9.17, 15) is 0 Å². The average molecular weight is 635 g/mol. The van der Waals surface area contributed by atoms with Crippen LogP contribution in [0.25, 0.3) is 76.3 Å². The summed E-state index contributed by atoms with van der Waals surface area (Å²) in [5.41, 5.74) is 10.7. The zero-order valence-corrected chi connectivity index (χ0v) is 26.4. The van der Waals surface area contributed by atoms with Crippen LogP contribution in [0.4, 0.5) is 16.5 Å². The van der Waals surface area contributed by atoms with E-state index in [0.717, 1.165) is 92.9 Å². The number of rotatable bonds is 5. The Balaban J connectivity index is 1.28. The molecular weight excluding hydrogens is 609 g/mol. The molecule has 0 fully saturated rings. The largest absolute Gasteiger partial charge is 0.455 e. The molecule has 0 saturated carbocycles. The second-order valence-electron chi connectivity index (χ2n) is 11.9. The molecule has 5 heteroatoms. The lowest BCUT2D eigenvalue weighted by atomic mass is 9.96. The van der Waals surface area contributed by atoms with Crippen molar-refractivity contribution in [1.82, 2.24) is 4.98 Å². The third-order valence-corrected chi connectivity index (χ3v) is 10.2. The highest BCUT2D eigenvalue weighted by Gasteiger charge is 2.24. The Labute approximate surface area is 279 Å². The number of thiazole rings is 1. The van der Waals surface area contributed by atoms with Gasteiger partial charge in [0.25, 0.3) is 0 Å². The molecule has 10 rings (SSSR count). The molecule has 0 aliphatic carbocycles. The van der Waals surface area contributed by atoms with Gasteiger partial charge in [-0.2, -0.15) is 0 Å². The highest BCUT2D eigenvalue weighted by molar-refractivity contribution is 7.23. The SMILES string of the molecule is c1ccc(N(c2ccccc2)c2nc3c(-c4cccc5c4oc4ccccc45)ccc(-c4cccc5c4oc4ccccc45)c3s2)cc1. The van der Waals surface area contributed by atoms with Crippen molar-refractivity contribution in [2.45, 2.75) is 0 Å². The van der Waals surface area contributed by atoms with Crippen LogP contribution in [0.3, 0.4) is 0 Å². The zero-order valence-electron chi connectivity index (χ0n) is 25.6. The maximum atomic E-state index is 6.54. The van der Waals surface area contributed by atoms with E-state index >= 15 is 0 Å². The van der Waals surface area contributed by atoms with Crippen LogP contribution >= 0.6 is 11.3 Å². The highest BCUT2D eigenvalue weighted by Crippen LogP contribution is 2.48. The van der Waals surface area contributed by atoms with Gasteiger partial charge in [-0.05, 0) is 36.4 Å². The standard InChI is InChI=1S/C43H26N2O2S/c1-3-13-27(14-4-1)45(28-15-5-2-6-16-28)43-44-39-31(34-21-11-19-32-29-17-7-9-23-37(29)46-40(32)34)25-26-36(42(39)48-43)35-22-12-20-33-30-18-8-10-24-38(30)47-41(33)35/h1-26H. The first-order valence-corrected chi connectivity index (χ1v) is 16.8. The number of nitrogens with zero attached hydrogens (tertiary/aromatic N) is 2. The number of hydrogen-bond acceptors (Lipinski definition) is 5. The molecule has 3 heterocycles. The molecule has 0 unspecified atom stereocenters. The predicted molar refractivity (Wildman–Crippen MR) is 200 cm³/mol.